The van der Waals surface area contributed by atoms with Gasteiger partial charge in [-0.15, -0.1) is 0 Å². The highest BCUT2D eigenvalue weighted by molar-refractivity contribution is 7.71. The van der Waals surface area contributed by atoms with E-state index in [1.54, 1.807) is 20.4 Å². The van der Waals surface area contributed by atoms with Crippen LogP contribution < -0.4 is 9.47 Å². The molecule has 4 aromatic rings. The molecule has 2 aromatic carbocycles. The van der Waals surface area contributed by atoms with Crippen molar-refractivity contribution in [2.45, 2.75) is 6.92 Å². The average Bonchev–Trinajstić information content (AvgIpc) is 3.14. The Morgan fingerprint density at radius 3 is 2.48 bits per heavy atom. The first-order valence-corrected chi connectivity index (χ1v) is 8.91. The summed E-state index contributed by atoms with van der Waals surface area (Å²) in [6, 6.07) is 14.0. The van der Waals surface area contributed by atoms with Crippen LogP contribution in [-0.4, -0.2) is 28.6 Å². The lowest BCUT2D eigenvalue weighted by atomic mass is 10.1. The Balaban J connectivity index is 1.96. The number of H-pyrrole nitrogens is 1. The molecular weight excluding hydrogens is 358 g/mol. The number of aromatic amines is 1. The van der Waals surface area contributed by atoms with E-state index in [2.05, 4.69) is 41.2 Å². The molecule has 5 nitrogen and oxygen atoms in total. The van der Waals surface area contributed by atoms with Crippen LogP contribution in [0, 0.1) is 11.7 Å². The zero-order chi connectivity index (χ0) is 19.0. The Morgan fingerprint density at radius 2 is 1.78 bits per heavy atom. The van der Waals surface area contributed by atoms with Gasteiger partial charge in [0.2, 0.25) is 4.77 Å². The number of aromatic nitrogens is 3. The Morgan fingerprint density at radius 1 is 1.00 bits per heavy atom. The molecule has 0 aliphatic rings. The molecule has 0 aliphatic heterocycles. The van der Waals surface area contributed by atoms with Gasteiger partial charge in [-0.2, -0.15) is 0 Å². The lowest BCUT2D eigenvalue weighted by molar-refractivity contribution is 0.404. The van der Waals surface area contributed by atoms with Crippen LogP contribution in [0.4, 0.5) is 0 Å². The minimum Gasteiger partial charge on any atom is -0.497 e. The SMILES string of the molecule is COc1ccc(OC)c(-c2cnc(=S)n3cc(-c4ccc(C)cc4)[nH]c23)c1. The minimum atomic E-state index is 0.491. The van der Waals surface area contributed by atoms with Gasteiger partial charge in [0.15, 0.2) is 0 Å². The maximum atomic E-state index is 5.55. The summed E-state index contributed by atoms with van der Waals surface area (Å²) < 4.78 is 13.3. The number of imidazole rings is 1. The maximum Gasteiger partial charge on any atom is 0.205 e. The van der Waals surface area contributed by atoms with E-state index in [4.69, 9.17) is 21.7 Å². The fourth-order valence-corrected chi connectivity index (χ4v) is 3.30. The first-order chi connectivity index (χ1) is 13.1. The molecule has 27 heavy (non-hydrogen) atoms. The van der Waals surface area contributed by atoms with Gasteiger partial charge in [0.25, 0.3) is 0 Å². The van der Waals surface area contributed by atoms with E-state index in [1.807, 2.05) is 28.8 Å². The number of ether oxygens (including phenoxy) is 2. The largest absolute Gasteiger partial charge is 0.497 e. The van der Waals surface area contributed by atoms with E-state index in [0.717, 1.165) is 39.5 Å². The van der Waals surface area contributed by atoms with Gasteiger partial charge in [-0.05, 0) is 42.9 Å². The van der Waals surface area contributed by atoms with Crippen molar-refractivity contribution in [2.75, 3.05) is 14.2 Å². The third-order valence-corrected chi connectivity index (χ3v) is 4.88. The van der Waals surface area contributed by atoms with Crippen molar-refractivity contribution in [3.63, 3.8) is 0 Å². The second-order valence-electron chi connectivity index (χ2n) is 6.27. The summed E-state index contributed by atoms with van der Waals surface area (Å²) in [4.78, 5) is 7.89. The smallest absolute Gasteiger partial charge is 0.205 e. The van der Waals surface area contributed by atoms with Crippen LogP contribution in [0.25, 0.3) is 28.0 Å². The van der Waals surface area contributed by atoms with Crippen molar-refractivity contribution >= 4 is 17.9 Å². The van der Waals surface area contributed by atoms with Crippen LogP contribution in [0.2, 0.25) is 0 Å². The van der Waals surface area contributed by atoms with Crippen LogP contribution in [0.15, 0.2) is 54.9 Å². The van der Waals surface area contributed by atoms with E-state index in [0.29, 0.717) is 4.77 Å². The molecular formula is C21H19N3O2S. The van der Waals surface area contributed by atoms with Crippen LogP contribution >= 0.6 is 12.2 Å². The van der Waals surface area contributed by atoms with Crippen LogP contribution in [0.3, 0.4) is 0 Å². The van der Waals surface area contributed by atoms with Gasteiger partial charge < -0.3 is 14.5 Å². The number of hydrogen-bond donors (Lipinski definition) is 1. The molecule has 0 bridgehead atoms. The second-order valence-corrected chi connectivity index (χ2v) is 6.64. The van der Waals surface area contributed by atoms with Crippen LogP contribution in [0.5, 0.6) is 11.5 Å². The summed E-state index contributed by atoms with van der Waals surface area (Å²) in [6.07, 6.45) is 3.75. The highest BCUT2D eigenvalue weighted by Gasteiger charge is 2.15. The third-order valence-electron chi connectivity index (χ3n) is 4.58. The first kappa shape index (κ1) is 17.3. The summed E-state index contributed by atoms with van der Waals surface area (Å²) >= 11 is 5.43. The highest BCUT2D eigenvalue weighted by Crippen LogP contribution is 2.36. The van der Waals surface area contributed by atoms with Crippen molar-refractivity contribution in [3.8, 4) is 33.9 Å². The van der Waals surface area contributed by atoms with Gasteiger partial charge in [-0.25, -0.2) is 4.98 Å². The molecule has 0 amide bonds. The zero-order valence-electron chi connectivity index (χ0n) is 15.3. The van der Waals surface area contributed by atoms with Gasteiger partial charge in [0, 0.05) is 23.5 Å². The number of nitrogens with one attached hydrogen (secondary N) is 1. The number of methoxy groups -OCH3 is 2. The molecule has 0 aliphatic carbocycles. The van der Waals surface area contributed by atoms with E-state index in [9.17, 15) is 0 Å². The number of rotatable bonds is 4. The standard InChI is InChI=1S/C21H19N3O2S/c1-13-4-6-14(7-5-13)18-12-24-20(23-18)17(11-22-21(24)27)16-10-15(25-2)8-9-19(16)26-3/h4-12,23H,1-3H3. The second kappa shape index (κ2) is 6.89. The van der Waals surface area contributed by atoms with Crippen molar-refractivity contribution in [1.82, 2.24) is 14.4 Å². The van der Waals surface area contributed by atoms with Crippen LogP contribution in [-0.2, 0) is 0 Å². The van der Waals surface area contributed by atoms with Gasteiger partial charge >= 0.3 is 0 Å². The van der Waals surface area contributed by atoms with E-state index >= 15 is 0 Å². The highest BCUT2D eigenvalue weighted by atomic mass is 32.1. The summed E-state index contributed by atoms with van der Waals surface area (Å²) in [5, 5.41) is 0. The first-order valence-electron chi connectivity index (χ1n) is 8.50. The van der Waals surface area contributed by atoms with Gasteiger partial charge in [0.05, 0.1) is 19.9 Å². The molecule has 136 valence electrons. The van der Waals surface area contributed by atoms with Crippen molar-refractivity contribution in [3.05, 3.63) is 65.2 Å². The molecule has 0 fully saturated rings. The summed E-state index contributed by atoms with van der Waals surface area (Å²) in [5.41, 5.74) is 5.90. The average molecular weight is 377 g/mol. The van der Waals surface area contributed by atoms with E-state index < -0.39 is 0 Å². The number of nitrogens with zero attached hydrogens (tertiary/aromatic N) is 2. The quantitative estimate of drug-likeness (QED) is 0.506. The molecule has 0 spiro atoms. The predicted molar refractivity (Wildman–Crippen MR) is 109 cm³/mol. The molecule has 2 heterocycles. The lowest BCUT2D eigenvalue weighted by Crippen LogP contribution is -1.95. The summed E-state index contributed by atoms with van der Waals surface area (Å²) in [6.45, 7) is 2.07. The molecule has 2 aromatic heterocycles. The van der Waals surface area contributed by atoms with Crippen molar-refractivity contribution in [1.29, 1.82) is 0 Å². The van der Waals surface area contributed by atoms with Gasteiger partial charge in [-0.1, -0.05) is 29.8 Å². The summed E-state index contributed by atoms with van der Waals surface area (Å²) in [7, 11) is 3.29. The minimum absolute atomic E-state index is 0.491. The van der Waals surface area contributed by atoms with Crippen molar-refractivity contribution < 1.29 is 9.47 Å². The van der Waals surface area contributed by atoms with Gasteiger partial charge in [-0.3, -0.25) is 4.40 Å². The Hall–Kier alpha value is -3.12. The number of hydrogen-bond acceptors (Lipinski definition) is 4. The Bertz CT molecular complexity index is 1180. The molecule has 0 radical (unpaired) electrons. The number of fused-ring (bicyclic) bond motifs is 1. The maximum absolute atomic E-state index is 5.55. The van der Waals surface area contributed by atoms with Crippen molar-refractivity contribution in [2.24, 2.45) is 0 Å². The van der Waals surface area contributed by atoms with Gasteiger partial charge in [0.1, 0.15) is 17.1 Å². The monoisotopic (exact) mass is 377 g/mol. The number of benzene rings is 2. The third kappa shape index (κ3) is 3.08. The molecule has 4 rings (SSSR count). The van der Waals surface area contributed by atoms with Crippen LogP contribution in [0.1, 0.15) is 5.56 Å². The zero-order valence-corrected chi connectivity index (χ0v) is 16.1. The van der Waals surface area contributed by atoms with E-state index in [-0.39, 0.29) is 0 Å². The molecule has 0 saturated heterocycles. The lowest BCUT2D eigenvalue weighted by Gasteiger charge is -2.11. The van der Waals surface area contributed by atoms with E-state index in [1.165, 1.54) is 5.56 Å². The molecule has 0 atom stereocenters. The molecule has 1 N–H and O–H groups in total. The number of aryl methyl sites for hydroxylation is 1. The topological polar surface area (TPSA) is 51.6 Å². The predicted octanol–water partition coefficient (Wildman–Crippen LogP) is 5.05. The molecule has 0 saturated carbocycles. The normalized spacial score (nSPS) is 10.9. The molecule has 0 unspecified atom stereocenters. The Kier molecular flexibility index (Phi) is 4.41. The fraction of sp³-hybridized carbons (Fsp3) is 0.143. The fourth-order valence-electron chi connectivity index (χ4n) is 3.11. The molecule has 6 heteroatoms. The Labute approximate surface area is 162 Å². The summed E-state index contributed by atoms with van der Waals surface area (Å²) in [5.74, 6) is 1.49.